The number of carbonyl (C=O) groups excluding carboxylic acids is 8. The Balaban J connectivity index is 1.90. The molecule has 3 rings (SSSR count). The van der Waals surface area contributed by atoms with Crippen LogP contribution < -0.4 is 76.9 Å². The lowest BCUT2D eigenvalue weighted by Gasteiger charge is -2.31. The molecule has 1 fully saturated rings. The number of carbonyl (C=O) groups is 8. The predicted octanol–water partition coefficient (Wildman–Crippen LogP) is -2.09. The van der Waals surface area contributed by atoms with Gasteiger partial charge < -0.3 is 86.8 Å². The van der Waals surface area contributed by atoms with Crippen molar-refractivity contribution in [3.05, 3.63) is 36.0 Å². The van der Waals surface area contributed by atoms with Crippen molar-refractivity contribution in [2.24, 2.45) is 46.2 Å². The molecule has 26 heteroatoms. The van der Waals surface area contributed by atoms with E-state index in [1.54, 1.807) is 20.0 Å². The molecule has 1 aliphatic rings. The van der Waals surface area contributed by atoms with Crippen LogP contribution in [0.2, 0.25) is 0 Å². The fraction of sp³-hybridized carbons (Fsp3) is 0.647. The number of H-pyrrole nitrogens is 1. The summed E-state index contributed by atoms with van der Waals surface area (Å²) in [5.41, 5.74) is 36.4. The Labute approximate surface area is 451 Å². The number of aromatic amines is 1. The second-order valence-corrected chi connectivity index (χ2v) is 20.5. The summed E-state index contributed by atoms with van der Waals surface area (Å²) in [7, 11) is 0. The first-order valence-corrected chi connectivity index (χ1v) is 26.9. The molecule has 26 nitrogen and oxygen atoms in total. The van der Waals surface area contributed by atoms with Crippen LogP contribution in [-0.4, -0.2) is 150 Å². The molecule has 0 aliphatic carbocycles. The number of nitrogens with zero attached hydrogens (tertiary/aromatic N) is 1. The van der Waals surface area contributed by atoms with E-state index in [-0.39, 0.29) is 95.4 Å². The van der Waals surface area contributed by atoms with E-state index < -0.39 is 102 Å². The minimum Gasteiger partial charge on any atom is -0.370 e. The normalized spacial score (nSPS) is 16.0. The van der Waals surface area contributed by atoms with Gasteiger partial charge in [-0.15, -0.1) is 0 Å². The van der Waals surface area contributed by atoms with Crippen molar-refractivity contribution in [2.75, 3.05) is 32.7 Å². The van der Waals surface area contributed by atoms with Gasteiger partial charge in [0.1, 0.15) is 42.3 Å². The summed E-state index contributed by atoms with van der Waals surface area (Å²) in [6.07, 6.45) is 5.46. The SMILES string of the molecule is CC(C)C[C@H](NC(=O)[C@@H](N)Cc1c[nH]c2ccccc12)C(=O)N[C@@H](CCCCN)C(=O)N[C@@H](CCCNC(=N)N)C(=O)N[C@@H](CCCCN)C(=O)N[C@@H](CCCNC(=N)N)C(=O)N[C@H](C(=O)N1CCC[C@H]1C(N)=O)C(C)C. The number of primary amides is 1. The second-order valence-electron chi connectivity index (χ2n) is 20.5. The third-order valence-corrected chi connectivity index (χ3v) is 13.3. The molecule has 1 aromatic carbocycles. The number of rotatable bonds is 35. The van der Waals surface area contributed by atoms with Gasteiger partial charge in [0, 0.05) is 36.7 Å². The zero-order valence-corrected chi connectivity index (χ0v) is 45.3. The van der Waals surface area contributed by atoms with Crippen molar-refractivity contribution >= 4 is 70.1 Å². The molecule has 0 bridgehead atoms. The lowest BCUT2D eigenvalue weighted by Crippen LogP contribution is -2.60. The van der Waals surface area contributed by atoms with Crippen LogP contribution in [0.1, 0.15) is 117 Å². The first-order chi connectivity index (χ1) is 36.6. The highest BCUT2D eigenvalue weighted by Crippen LogP contribution is 2.21. The summed E-state index contributed by atoms with van der Waals surface area (Å²) >= 11 is 0. The van der Waals surface area contributed by atoms with Gasteiger partial charge in [-0.05, 0) is 126 Å². The van der Waals surface area contributed by atoms with Crippen molar-refractivity contribution in [1.82, 2.24) is 52.4 Å². The van der Waals surface area contributed by atoms with Gasteiger partial charge in [-0.2, -0.15) is 0 Å². The predicted molar refractivity (Wildman–Crippen MR) is 294 cm³/mol. The van der Waals surface area contributed by atoms with E-state index in [4.69, 9.17) is 45.2 Å². The van der Waals surface area contributed by atoms with Gasteiger partial charge in [-0.3, -0.25) is 49.2 Å². The number of hydrogen-bond donors (Lipinski definition) is 17. The van der Waals surface area contributed by atoms with Crippen molar-refractivity contribution in [3.8, 4) is 0 Å². The van der Waals surface area contributed by atoms with E-state index in [9.17, 15) is 38.4 Å². The maximum absolute atomic E-state index is 14.5. The van der Waals surface area contributed by atoms with Crippen molar-refractivity contribution in [1.29, 1.82) is 10.8 Å². The van der Waals surface area contributed by atoms with Crippen molar-refractivity contribution < 1.29 is 38.4 Å². The number of fused-ring (bicyclic) bond motifs is 1. The molecule has 0 radical (unpaired) electrons. The maximum atomic E-state index is 14.5. The zero-order chi connectivity index (χ0) is 57.2. The minimum absolute atomic E-state index is 0.00651. The Bertz CT molecular complexity index is 2290. The Morgan fingerprint density at radius 2 is 1.09 bits per heavy atom. The fourth-order valence-electron chi connectivity index (χ4n) is 9.09. The largest absolute Gasteiger partial charge is 0.370 e. The van der Waals surface area contributed by atoms with Crippen LogP contribution in [0.5, 0.6) is 0 Å². The van der Waals surface area contributed by atoms with Crippen LogP contribution in [-0.2, 0) is 44.8 Å². The summed E-state index contributed by atoms with van der Waals surface area (Å²) in [6, 6.07) is -1.49. The lowest BCUT2D eigenvalue weighted by molar-refractivity contribution is -0.142. The van der Waals surface area contributed by atoms with Crippen molar-refractivity contribution in [2.45, 2.75) is 166 Å². The van der Waals surface area contributed by atoms with E-state index >= 15 is 0 Å². The number of likely N-dealkylation sites (tertiary alicyclic amines) is 1. The summed E-state index contributed by atoms with van der Waals surface area (Å²) in [6.45, 7) is 8.35. The number of nitrogens with one attached hydrogen (secondary N) is 11. The van der Waals surface area contributed by atoms with E-state index in [0.717, 1.165) is 16.5 Å². The topological polar surface area (TPSA) is 456 Å². The Hall–Kier alpha value is -7.06. The lowest BCUT2D eigenvalue weighted by atomic mass is 10.00. The quantitative estimate of drug-likeness (QED) is 0.0200. The molecule has 0 spiro atoms. The van der Waals surface area contributed by atoms with Crippen LogP contribution in [0, 0.1) is 22.7 Å². The Morgan fingerprint density at radius 1 is 0.636 bits per heavy atom. The maximum Gasteiger partial charge on any atom is 0.246 e. The number of para-hydroxylation sites is 1. The fourth-order valence-corrected chi connectivity index (χ4v) is 9.09. The molecule has 0 unspecified atom stereocenters. The zero-order valence-electron chi connectivity index (χ0n) is 45.3. The van der Waals surface area contributed by atoms with Gasteiger partial charge in [0.05, 0.1) is 6.04 Å². The number of unbranched alkanes of at least 4 members (excludes halogenated alkanes) is 2. The van der Waals surface area contributed by atoms with Gasteiger partial charge in [0.25, 0.3) is 0 Å². The van der Waals surface area contributed by atoms with Crippen LogP contribution in [0.3, 0.4) is 0 Å². The highest BCUT2D eigenvalue weighted by atomic mass is 16.2. The molecular weight excluding hydrogens is 993 g/mol. The molecule has 23 N–H and O–H groups in total. The molecule has 8 atom stereocenters. The molecule has 0 saturated carbocycles. The number of hydrogen-bond acceptors (Lipinski definition) is 13. The molecular formula is C51H88N18O8. The Morgan fingerprint density at radius 3 is 1.55 bits per heavy atom. The molecule has 77 heavy (non-hydrogen) atoms. The van der Waals surface area contributed by atoms with Crippen LogP contribution in [0.25, 0.3) is 10.9 Å². The third kappa shape index (κ3) is 21.8. The number of benzene rings is 1. The summed E-state index contributed by atoms with van der Waals surface area (Å²) in [4.78, 5) is 116. The molecule has 2 aromatic rings. The van der Waals surface area contributed by atoms with Gasteiger partial charge in [-0.25, -0.2) is 0 Å². The van der Waals surface area contributed by atoms with Gasteiger partial charge in [0.2, 0.25) is 47.3 Å². The minimum atomic E-state index is -1.31. The van der Waals surface area contributed by atoms with Gasteiger partial charge in [-0.1, -0.05) is 45.9 Å². The number of amides is 8. The number of aromatic nitrogens is 1. The molecule has 1 aromatic heterocycles. The van der Waals surface area contributed by atoms with Crippen LogP contribution in [0.15, 0.2) is 30.5 Å². The highest BCUT2D eigenvalue weighted by Gasteiger charge is 2.39. The summed E-state index contributed by atoms with van der Waals surface area (Å²) in [5, 5.41) is 38.1. The standard InChI is InChI=1S/C51H88N18O8/c1-29(2)26-39(67-43(71)33(54)27-31-28-62-34-15-6-5-14-32(31)34)48(76)66-36(17-8-10-22-53)45(73)64-37(18-11-23-60-50(56)57)46(74)63-35(16-7-9-21-52)44(72)65-38(19-12-24-61-51(58)59)47(75)68-41(30(3)4)49(77)69-25-13-20-40(69)42(55)70/h5-6,14-15,28-30,33,35-41,62H,7-13,16-27,52-54H2,1-4H3,(H2,55,70)(H,63,74)(H,64,73)(H,65,72)(H,66,76)(H,67,71)(H,68,75)(H4,56,57,60)(H4,58,59,61)/t33-,35-,36-,37-,38-,39-,40-,41-/m0/s1. The van der Waals surface area contributed by atoms with Gasteiger partial charge >= 0.3 is 0 Å². The average molecular weight is 1080 g/mol. The molecule has 1 saturated heterocycles. The molecule has 2 heterocycles. The Kier molecular flexibility index (Phi) is 27.7. The van der Waals surface area contributed by atoms with Crippen molar-refractivity contribution in [3.63, 3.8) is 0 Å². The highest BCUT2D eigenvalue weighted by molar-refractivity contribution is 5.98. The second kappa shape index (κ2) is 33.2. The number of nitrogens with two attached hydrogens (primary N) is 6. The smallest absolute Gasteiger partial charge is 0.246 e. The first-order valence-electron chi connectivity index (χ1n) is 26.9. The van der Waals surface area contributed by atoms with E-state index in [2.05, 4.69) is 47.5 Å². The van der Waals surface area contributed by atoms with Crippen LogP contribution >= 0.6 is 0 Å². The van der Waals surface area contributed by atoms with Gasteiger partial charge in [0.15, 0.2) is 11.9 Å². The average Bonchev–Trinajstić information content (AvgIpc) is 4.04. The summed E-state index contributed by atoms with van der Waals surface area (Å²) < 4.78 is 0. The molecule has 8 amide bonds. The summed E-state index contributed by atoms with van der Waals surface area (Å²) in [5.74, 6) is -6.50. The monoisotopic (exact) mass is 1080 g/mol. The van der Waals surface area contributed by atoms with E-state index in [0.29, 0.717) is 45.1 Å². The van der Waals surface area contributed by atoms with E-state index in [1.807, 2.05) is 38.1 Å². The number of guanidine groups is 2. The molecule has 430 valence electrons. The van der Waals surface area contributed by atoms with E-state index in [1.165, 1.54) is 4.90 Å². The first kappa shape index (κ1) is 64.2. The third-order valence-electron chi connectivity index (χ3n) is 13.3. The van der Waals surface area contributed by atoms with Crippen LogP contribution in [0.4, 0.5) is 0 Å². The molecule has 1 aliphatic heterocycles.